The Hall–Kier alpha value is -3.33. The molecule has 1 aliphatic carbocycles. The van der Waals surface area contributed by atoms with E-state index in [9.17, 15) is 24.0 Å². The number of aliphatic carboxylic acids is 1. The van der Waals surface area contributed by atoms with Crippen molar-refractivity contribution >= 4 is 29.6 Å². The van der Waals surface area contributed by atoms with E-state index in [4.69, 9.17) is 5.11 Å². The lowest BCUT2D eigenvalue weighted by atomic mass is 9.93. The van der Waals surface area contributed by atoms with Crippen molar-refractivity contribution in [3.05, 3.63) is 46.5 Å². The Balaban J connectivity index is 1.48. The summed E-state index contributed by atoms with van der Waals surface area (Å²) in [5, 5.41) is 14.2. The molecule has 1 fully saturated rings. The molecule has 0 unspecified atom stereocenters. The SMILES string of the molecule is O=C1CC[C@@H](N2C(=O)c3ccc(CN[C@H]4C=C(C(=O)O)C4)cc3C2=O)C(=O)N1. The molecule has 1 aromatic carbocycles. The smallest absolute Gasteiger partial charge is 0.331 e. The average molecular weight is 383 g/mol. The van der Waals surface area contributed by atoms with Crippen molar-refractivity contribution in [2.24, 2.45) is 0 Å². The molecule has 3 N–H and O–H groups in total. The molecule has 1 saturated heterocycles. The van der Waals surface area contributed by atoms with Crippen molar-refractivity contribution < 1.29 is 29.1 Å². The van der Waals surface area contributed by atoms with Crippen molar-refractivity contribution in [2.75, 3.05) is 0 Å². The number of amides is 4. The lowest BCUT2D eigenvalue weighted by Gasteiger charge is -2.27. The molecular formula is C19H17N3O6. The quantitative estimate of drug-likeness (QED) is 0.608. The van der Waals surface area contributed by atoms with Gasteiger partial charge in [0.15, 0.2) is 0 Å². The minimum Gasteiger partial charge on any atom is -0.478 e. The Morgan fingerprint density at radius 3 is 2.57 bits per heavy atom. The number of carboxylic acids is 1. The van der Waals surface area contributed by atoms with E-state index in [1.807, 2.05) is 0 Å². The number of nitrogens with zero attached hydrogens (tertiary/aromatic N) is 1. The summed E-state index contributed by atoms with van der Waals surface area (Å²) in [5.41, 5.74) is 1.59. The molecule has 0 aromatic heterocycles. The van der Waals surface area contributed by atoms with Gasteiger partial charge in [-0.3, -0.25) is 29.4 Å². The summed E-state index contributed by atoms with van der Waals surface area (Å²) in [5.74, 6) is -3.07. The van der Waals surface area contributed by atoms with Crippen molar-refractivity contribution in [1.82, 2.24) is 15.5 Å². The molecule has 9 heteroatoms. The van der Waals surface area contributed by atoms with E-state index in [0.29, 0.717) is 18.5 Å². The maximum Gasteiger partial charge on any atom is 0.331 e. The van der Waals surface area contributed by atoms with Crippen LogP contribution in [0.5, 0.6) is 0 Å². The molecule has 144 valence electrons. The summed E-state index contributed by atoms with van der Waals surface area (Å²) < 4.78 is 0. The van der Waals surface area contributed by atoms with E-state index >= 15 is 0 Å². The summed E-state index contributed by atoms with van der Waals surface area (Å²) in [7, 11) is 0. The summed E-state index contributed by atoms with van der Waals surface area (Å²) in [6.07, 6.45) is 2.26. The number of hydrogen-bond acceptors (Lipinski definition) is 6. The Kier molecular flexibility index (Phi) is 4.31. The van der Waals surface area contributed by atoms with Crippen molar-refractivity contribution in [2.45, 2.75) is 37.9 Å². The molecule has 2 heterocycles. The Morgan fingerprint density at radius 2 is 1.89 bits per heavy atom. The van der Waals surface area contributed by atoms with Gasteiger partial charge in [0, 0.05) is 24.6 Å². The highest BCUT2D eigenvalue weighted by Crippen LogP contribution is 2.28. The molecule has 2 atom stereocenters. The summed E-state index contributed by atoms with van der Waals surface area (Å²) >= 11 is 0. The van der Waals surface area contributed by atoms with Crippen LogP contribution in [0.1, 0.15) is 45.5 Å². The second-order valence-electron chi connectivity index (χ2n) is 7.02. The van der Waals surface area contributed by atoms with Crippen LogP contribution in [0.4, 0.5) is 0 Å². The number of hydrogen-bond donors (Lipinski definition) is 3. The lowest BCUT2D eigenvalue weighted by molar-refractivity contribution is -0.136. The Bertz CT molecular complexity index is 966. The molecule has 4 amide bonds. The van der Waals surface area contributed by atoms with Gasteiger partial charge in [-0.2, -0.15) is 0 Å². The highest BCUT2D eigenvalue weighted by atomic mass is 16.4. The van der Waals surface area contributed by atoms with Crippen LogP contribution in [-0.2, 0) is 20.9 Å². The highest BCUT2D eigenvalue weighted by Gasteiger charge is 2.44. The van der Waals surface area contributed by atoms with Gasteiger partial charge in [0.25, 0.3) is 11.8 Å². The van der Waals surface area contributed by atoms with E-state index in [1.165, 1.54) is 0 Å². The molecule has 2 aliphatic heterocycles. The maximum absolute atomic E-state index is 12.8. The summed E-state index contributed by atoms with van der Waals surface area (Å²) in [6, 6.07) is 3.84. The monoisotopic (exact) mass is 383 g/mol. The minimum atomic E-state index is -0.985. The van der Waals surface area contributed by atoms with Crippen LogP contribution in [0.2, 0.25) is 0 Å². The number of nitrogens with one attached hydrogen (secondary N) is 2. The number of imide groups is 2. The molecule has 0 bridgehead atoms. The minimum absolute atomic E-state index is 0.0448. The number of piperidine rings is 1. The number of benzene rings is 1. The van der Waals surface area contributed by atoms with Crippen molar-refractivity contribution in [3.8, 4) is 0 Å². The number of fused-ring (bicyclic) bond motifs is 1. The van der Waals surface area contributed by atoms with Gasteiger partial charge in [-0.1, -0.05) is 12.1 Å². The van der Waals surface area contributed by atoms with Crippen LogP contribution in [0.15, 0.2) is 29.8 Å². The topological polar surface area (TPSA) is 133 Å². The van der Waals surface area contributed by atoms with Crippen LogP contribution in [-0.4, -0.2) is 51.7 Å². The molecule has 0 spiro atoms. The normalized spacial score (nSPS) is 23.9. The molecule has 4 rings (SSSR count). The number of carbonyl (C=O) groups excluding carboxylic acids is 4. The van der Waals surface area contributed by atoms with Gasteiger partial charge in [-0.15, -0.1) is 0 Å². The third kappa shape index (κ3) is 2.99. The predicted molar refractivity (Wildman–Crippen MR) is 94.1 cm³/mol. The molecule has 1 aromatic rings. The van der Waals surface area contributed by atoms with Gasteiger partial charge < -0.3 is 10.4 Å². The molecule has 3 aliphatic rings. The fourth-order valence-corrected chi connectivity index (χ4v) is 3.61. The van der Waals surface area contributed by atoms with E-state index < -0.39 is 35.6 Å². The van der Waals surface area contributed by atoms with E-state index in [-0.39, 0.29) is 30.0 Å². The van der Waals surface area contributed by atoms with Gasteiger partial charge in [-0.25, -0.2) is 4.79 Å². The van der Waals surface area contributed by atoms with Crippen LogP contribution in [0.25, 0.3) is 0 Å². The highest BCUT2D eigenvalue weighted by molar-refractivity contribution is 6.23. The lowest BCUT2D eigenvalue weighted by Crippen LogP contribution is -2.54. The van der Waals surface area contributed by atoms with Gasteiger partial charge >= 0.3 is 5.97 Å². The second kappa shape index (κ2) is 6.68. The van der Waals surface area contributed by atoms with Gasteiger partial charge in [0.2, 0.25) is 11.8 Å². The van der Waals surface area contributed by atoms with Crippen LogP contribution < -0.4 is 10.6 Å². The first-order valence-electron chi connectivity index (χ1n) is 8.87. The molecule has 0 saturated carbocycles. The maximum atomic E-state index is 12.8. The van der Waals surface area contributed by atoms with E-state index in [2.05, 4.69) is 10.6 Å². The predicted octanol–water partition coefficient (Wildman–Crippen LogP) is -0.0393. The Morgan fingerprint density at radius 1 is 1.18 bits per heavy atom. The van der Waals surface area contributed by atoms with Crippen molar-refractivity contribution in [1.29, 1.82) is 0 Å². The van der Waals surface area contributed by atoms with Crippen LogP contribution >= 0.6 is 0 Å². The fraction of sp³-hybridized carbons (Fsp3) is 0.316. The zero-order valence-electron chi connectivity index (χ0n) is 14.7. The number of carboxylic acid groups (broad SMARTS) is 1. The first kappa shape index (κ1) is 18.1. The zero-order chi connectivity index (χ0) is 20.0. The first-order valence-corrected chi connectivity index (χ1v) is 8.87. The van der Waals surface area contributed by atoms with E-state index in [0.717, 1.165) is 10.5 Å². The van der Waals surface area contributed by atoms with Crippen LogP contribution in [0.3, 0.4) is 0 Å². The third-order valence-electron chi connectivity index (χ3n) is 5.19. The number of rotatable bonds is 5. The van der Waals surface area contributed by atoms with Gasteiger partial charge in [-0.05, 0) is 30.5 Å². The molecule has 9 nitrogen and oxygen atoms in total. The number of carbonyl (C=O) groups is 5. The molecular weight excluding hydrogens is 366 g/mol. The first-order chi connectivity index (χ1) is 13.3. The largest absolute Gasteiger partial charge is 0.478 e. The summed E-state index contributed by atoms with van der Waals surface area (Å²) in [6.45, 7) is 0.404. The molecule has 28 heavy (non-hydrogen) atoms. The average Bonchev–Trinajstić information content (AvgIpc) is 2.84. The molecule has 0 radical (unpaired) electrons. The van der Waals surface area contributed by atoms with Gasteiger partial charge in [0.05, 0.1) is 11.1 Å². The van der Waals surface area contributed by atoms with E-state index in [1.54, 1.807) is 24.3 Å². The fourth-order valence-electron chi connectivity index (χ4n) is 3.61. The second-order valence-corrected chi connectivity index (χ2v) is 7.02. The zero-order valence-corrected chi connectivity index (χ0v) is 14.7. The van der Waals surface area contributed by atoms with Gasteiger partial charge in [0.1, 0.15) is 6.04 Å². The summed E-state index contributed by atoms with van der Waals surface area (Å²) in [4.78, 5) is 60.5. The standard InChI is InChI=1S/C19H17N3O6/c23-15-4-3-14(16(24)21-15)22-17(25)12-2-1-9(5-13(12)18(22)26)8-20-11-6-10(7-11)19(27)28/h1-2,5-6,11,14,20H,3-4,7-8H2,(H,27,28)(H,21,23,24)/t11-,14+/m0/s1. The van der Waals surface area contributed by atoms with Crippen LogP contribution in [0, 0.1) is 0 Å². The van der Waals surface area contributed by atoms with Crippen molar-refractivity contribution in [3.63, 3.8) is 0 Å². The Labute approximate surface area is 159 Å². The third-order valence-corrected chi connectivity index (χ3v) is 5.19.